The van der Waals surface area contributed by atoms with E-state index in [-0.39, 0.29) is 0 Å². The van der Waals surface area contributed by atoms with Crippen LogP contribution in [-0.4, -0.2) is 18.8 Å². The fourth-order valence-electron chi connectivity index (χ4n) is 3.21. The third-order valence-electron chi connectivity index (χ3n) is 3.89. The highest BCUT2D eigenvalue weighted by molar-refractivity contribution is 8.00. The number of nitrogens with one attached hydrogen (secondary N) is 1. The van der Waals surface area contributed by atoms with Gasteiger partial charge >= 0.3 is 0 Å². The minimum Gasteiger partial charge on any atom is -0.319 e. The molecule has 2 heteroatoms. The van der Waals surface area contributed by atoms with Gasteiger partial charge in [-0.25, -0.2) is 0 Å². The molecule has 1 aliphatic rings. The second-order valence-electron chi connectivity index (χ2n) is 5.85. The maximum absolute atomic E-state index is 3.38. The van der Waals surface area contributed by atoms with Gasteiger partial charge < -0.3 is 5.32 Å². The van der Waals surface area contributed by atoms with E-state index in [4.69, 9.17) is 0 Å². The van der Waals surface area contributed by atoms with Gasteiger partial charge in [-0.05, 0) is 43.4 Å². The van der Waals surface area contributed by atoms with Crippen molar-refractivity contribution in [2.75, 3.05) is 13.6 Å². The van der Waals surface area contributed by atoms with Gasteiger partial charge in [0.05, 0.1) is 0 Å². The normalized spacial score (nSPS) is 21.6. The summed E-state index contributed by atoms with van der Waals surface area (Å²) in [5.41, 5.74) is 2.00. The zero-order valence-electron chi connectivity index (χ0n) is 11.8. The van der Waals surface area contributed by atoms with Gasteiger partial charge in [-0.3, -0.25) is 0 Å². The van der Waals surface area contributed by atoms with Crippen LogP contribution in [0.25, 0.3) is 0 Å². The number of benzene rings is 1. The first-order chi connectivity index (χ1) is 8.67. The highest BCUT2D eigenvalue weighted by Gasteiger charge is 2.30. The van der Waals surface area contributed by atoms with Crippen molar-refractivity contribution in [3.63, 3.8) is 0 Å². The first-order valence-corrected chi connectivity index (χ1v) is 7.94. The van der Waals surface area contributed by atoms with Gasteiger partial charge in [-0.15, -0.1) is 11.8 Å². The fourth-order valence-corrected chi connectivity index (χ4v) is 4.78. The summed E-state index contributed by atoms with van der Waals surface area (Å²) in [6, 6.07) is 8.89. The summed E-state index contributed by atoms with van der Waals surface area (Å²) in [4.78, 5) is 1.51. The molecule has 0 amide bonds. The van der Waals surface area contributed by atoms with Crippen molar-refractivity contribution < 1.29 is 0 Å². The van der Waals surface area contributed by atoms with Crippen molar-refractivity contribution in [1.82, 2.24) is 5.32 Å². The average molecular weight is 263 g/mol. The Balaban J connectivity index is 1.98. The van der Waals surface area contributed by atoms with E-state index >= 15 is 0 Å². The second-order valence-corrected chi connectivity index (χ2v) is 7.19. The molecule has 2 unspecified atom stereocenters. The van der Waals surface area contributed by atoms with E-state index in [1.54, 1.807) is 5.56 Å². The lowest BCUT2D eigenvalue weighted by atomic mass is 9.80. The van der Waals surface area contributed by atoms with E-state index < -0.39 is 0 Å². The highest BCUT2D eigenvalue weighted by Crippen LogP contribution is 2.43. The van der Waals surface area contributed by atoms with Crippen LogP contribution in [0.5, 0.6) is 0 Å². The molecule has 0 saturated heterocycles. The molecule has 2 rings (SSSR count). The first-order valence-electron chi connectivity index (χ1n) is 7.06. The van der Waals surface area contributed by atoms with Crippen molar-refractivity contribution in [2.45, 2.75) is 49.7 Å². The van der Waals surface area contributed by atoms with E-state index in [1.165, 1.54) is 30.6 Å². The van der Waals surface area contributed by atoms with Gasteiger partial charge in [0.15, 0.2) is 0 Å². The van der Waals surface area contributed by atoms with Crippen molar-refractivity contribution in [3.8, 4) is 0 Å². The molecular weight excluding hydrogens is 238 g/mol. The predicted molar refractivity (Wildman–Crippen MR) is 81.3 cm³/mol. The maximum Gasteiger partial charge on any atom is 0.0141 e. The molecule has 1 aliphatic heterocycles. The Morgan fingerprint density at radius 2 is 2.17 bits per heavy atom. The Kier molecular flexibility index (Phi) is 4.74. The Hall–Kier alpha value is -0.470. The molecule has 0 spiro atoms. The molecular formula is C16H25NS. The third kappa shape index (κ3) is 3.30. The second kappa shape index (κ2) is 6.12. The van der Waals surface area contributed by atoms with Crippen LogP contribution >= 0.6 is 11.8 Å². The Bertz CT molecular complexity index is 357. The maximum atomic E-state index is 3.38. The standard InChI is InChI=1S/C16H25NS/c1-4-9-16(2,12-17-3)11-14-10-13-7-5-6-8-15(13)18-14/h5-8,14,17H,4,9-12H2,1-3H3. The molecule has 100 valence electrons. The SMILES string of the molecule is CCCC(C)(CNC)CC1Cc2ccccc2S1. The van der Waals surface area contributed by atoms with Gasteiger partial charge in [0.25, 0.3) is 0 Å². The highest BCUT2D eigenvalue weighted by atomic mass is 32.2. The molecule has 0 saturated carbocycles. The Morgan fingerprint density at radius 1 is 1.39 bits per heavy atom. The van der Waals surface area contributed by atoms with Crippen LogP contribution in [0.4, 0.5) is 0 Å². The lowest BCUT2D eigenvalue weighted by Gasteiger charge is -2.31. The summed E-state index contributed by atoms with van der Waals surface area (Å²) in [5, 5.41) is 4.15. The van der Waals surface area contributed by atoms with Crippen LogP contribution in [0.1, 0.15) is 38.7 Å². The molecule has 0 fully saturated rings. The van der Waals surface area contributed by atoms with E-state index in [9.17, 15) is 0 Å². The fraction of sp³-hybridized carbons (Fsp3) is 0.625. The molecule has 1 heterocycles. The number of fused-ring (bicyclic) bond motifs is 1. The topological polar surface area (TPSA) is 12.0 Å². The van der Waals surface area contributed by atoms with Gasteiger partial charge in [-0.2, -0.15) is 0 Å². The van der Waals surface area contributed by atoms with Gasteiger partial charge in [0, 0.05) is 16.7 Å². The Morgan fingerprint density at radius 3 is 2.83 bits per heavy atom. The number of hydrogen-bond acceptors (Lipinski definition) is 2. The zero-order valence-corrected chi connectivity index (χ0v) is 12.6. The molecule has 0 radical (unpaired) electrons. The first kappa shape index (κ1) is 14.0. The molecule has 0 aliphatic carbocycles. The summed E-state index contributed by atoms with van der Waals surface area (Å²) in [7, 11) is 2.07. The molecule has 1 nitrogen and oxygen atoms in total. The minimum absolute atomic E-state index is 0.448. The number of rotatable bonds is 6. The largest absolute Gasteiger partial charge is 0.319 e. The summed E-state index contributed by atoms with van der Waals surface area (Å²) in [5.74, 6) is 0. The average Bonchev–Trinajstić information content (AvgIpc) is 2.70. The van der Waals surface area contributed by atoms with Crippen molar-refractivity contribution in [1.29, 1.82) is 0 Å². The smallest absolute Gasteiger partial charge is 0.0141 e. The van der Waals surface area contributed by atoms with Crippen LogP contribution in [0, 0.1) is 5.41 Å². The number of hydrogen-bond donors (Lipinski definition) is 1. The number of thioether (sulfide) groups is 1. The molecule has 2 atom stereocenters. The van der Waals surface area contributed by atoms with Gasteiger partial charge in [0.1, 0.15) is 0 Å². The molecule has 1 aromatic rings. The lowest BCUT2D eigenvalue weighted by Crippen LogP contribution is -2.32. The zero-order chi connectivity index (χ0) is 13.0. The molecule has 1 N–H and O–H groups in total. The van der Waals surface area contributed by atoms with Gasteiger partial charge in [-0.1, -0.05) is 38.5 Å². The molecule has 18 heavy (non-hydrogen) atoms. The third-order valence-corrected chi connectivity index (χ3v) is 5.21. The van der Waals surface area contributed by atoms with Crippen LogP contribution in [0.15, 0.2) is 29.2 Å². The van der Waals surface area contributed by atoms with Crippen LogP contribution in [-0.2, 0) is 6.42 Å². The van der Waals surface area contributed by atoms with E-state index in [0.29, 0.717) is 5.41 Å². The lowest BCUT2D eigenvalue weighted by molar-refractivity contribution is 0.260. The molecule has 0 bridgehead atoms. The van der Waals surface area contributed by atoms with Crippen LogP contribution in [0.3, 0.4) is 0 Å². The van der Waals surface area contributed by atoms with Crippen LogP contribution < -0.4 is 5.32 Å². The molecule has 1 aromatic carbocycles. The summed E-state index contributed by atoms with van der Waals surface area (Å²) in [6.45, 7) is 5.87. The monoisotopic (exact) mass is 263 g/mol. The summed E-state index contributed by atoms with van der Waals surface area (Å²) < 4.78 is 0. The minimum atomic E-state index is 0.448. The van der Waals surface area contributed by atoms with Crippen molar-refractivity contribution >= 4 is 11.8 Å². The van der Waals surface area contributed by atoms with E-state index in [0.717, 1.165) is 11.8 Å². The van der Waals surface area contributed by atoms with Crippen LogP contribution in [0.2, 0.25) is 0 Å². The summed E-state index contributed by atoms with van der Waals surface area (Å²) >= 11 is 2.09. The summed E-state index contributed by atoms with van der Waals surface area (Å²) in [6.07, 6.45) is 5.18. The molecule has 0 aromatic heterocycles. The van der Waals surface area contributed by atoms with E-state index in [2.05, 4.69) is 62.2 Å². The van der Waals surface area contributed by atoms with E-state index in [1.807, 2.05) is 0 Å². The Labute approximate surface area is 116 Å². The van der Waals surface area contributed by atoms with Crippen molar-refractivity contribution in [2.24, 2.45) is 5.41 Å². The quantitative estimate of drug-likeness (QED) is 0.828. The van der Waals surface area contributed by atoms with Gasteiger partial charge in [0.2, 0.25) is 0 Å². The predicted octanol–water partition coefficient (Wildman–Crippen LogP) is 4.12. The van der Waals surface area contributed by atoms with Crippen molar-refractivity contribution in [3.05, 3.63) is 29.8 Å².